The van der Waals surface area contributed by atoms with Crippen molar-refractivity contribution in [2.45, 2.75) is 13.8 Å². The Morgan fingerprint density at radius 3 is 2.30 bits per heavy atom. The van der Waals surface area contributed by atoms with Crippen LogP contribution in [0.1, 0.15) is 11.1 Å². The molecular weight excluding hydrogens is 414 g/mol. The van der Waals surface area contributed by atoms with Gasteiger partial charge in [0, 0.05) is 49.8 Å². The zero-order chi connectivity index (χ0) is 22.9. The van der Waals surface area contributed by atoms with E-state index < -0.39 is 0 Å². The topological polar surface area (TPSA) is 55.1 Å². The predicted octanol–water partition coefficient (Wildman–Crippen LogP) is 4.36. The van der Waals surface area contributed by atoms with Crippen LogP contribution in [0, 0.1) is 13.8 Å². The van der Waals surface area contributed by atoms with Crippen LogP contribution >= 0.6 is 0 Å². The van der Waals surface area contributed by atoms with Crippen molar-refractivity contribution in [3.8, 4) is 22.8 Å². The number of ether oxygens (including phenoxy) is 2. The van der Waals surface area contributed by atoms with Crippen LogP contribution in [0.2, 0.25) is 0 Å². The maximum absolute atomic E-state index is 5.47. The summed E-state index contributed by atoms with van der Waals surface area (Å²) in [4.78, 5) is 9.55. The molecule has 1 aliphatic rings. The first-order chi connectivity index (χ1) is 16.1. The molecule has 5 rings (SSSR count). The summed E-state index contributed by atoms with van der Waals surface area (Å²) in [6, 6.07) is 14.6. The third-order valence-corrected chi connectivity index (χ3v) is 6.32. The van der Waals surface area contributed by atoms with E-state index in [0.717, 1.165) is 48.8 Å². The van der Waals surface area contributed by atoms with E-state index in [2.05, 4.69) is 47.9 Å². The molecule has 7 heteroatoms. The lowest BCUT2D eigenvalue weighted by atomic mass is 10.1. The van der Waals surface area contributed by atoms with Gasteiger partial charge in [0.15, 0.2) is 17.3 Å². The monoisotopic (exact) mass is 443 g/mol. The number of benzene rings is 2. The number of aromatic nitrogens is 3. The van der Waals surface area contributed by atoms with E-state index in [-0.39, 0.29) is 0 Å². The van der Waals surface area contributed by atoms with Gasteiger partial charge in [0.1, 0.15) is 5.52 Å². The van der Waals surface area contributed by atoms with Gasteiger partial charge in [-0.25, -0.2) is 9.50 Å². The summed E-state index contributed by atoms with van der Waals surface area (Å²) in [7, 11) is 3.28. The predicted molar refractivity (Wildman–Crippen MR) is 132 cm³/mol. The molecule has 1 aliphatic heterocycles. The molecule has 2 aromatic heterocycles. The Morgan fingerprint density at radius 1 is 0.818 bits per heavy atom. The fourth-order valence-electron chi connectivity index (χ4n) is 4.61. The van der Waals surface area contributed by atoms with Crippen molar-refractivity contribution in [2.24, 2.45) is 0 Å². The molecule has 0 N–H and O–H groups in total. The van der Waals surface area contributed by atoms with Crippen LogP contribution in [0.5, 0.6) is 11.5 Å². The van der Waals surface area contributed by atoms with Crippen LogP contribution in [0.4, 0.5) is 11.5 Å². The van der Waals surface area contributed by atoms with Crippen molar-refractivity contribution in [1.29, 1.82) is 0 Å². The van der Waals surface area contributed by atoms with Gasteiger partial charge in [0.05, 0.1) is 19.9 Å². The molecule has 0 amide bonds. The molecule has 2 aromatic carbocycles. The van der Waals surface area contributed by atoms with Gasteiger partial charge in [-0.05, 0) is 49.7 Å². The number of hydrogen-bond acceptors (Lipinski definition) is 6. The summed E-state index contributed by atoms with van der Waals surface area (Å²) in [5.41, 5.74) is 6.81. The lowest BCUT2D eigenvalue weighted by molar-refractivity contribution is 0.355. The lowest BCUT2D eigenvalue weighted by Crippen LogP contribution is -2.47. The Labute approximate surface area is 194 Å². The maximum Gasteiger partial charge on any atom is 0.161 e. The molecule has 0 aliphatic carbocycles. The van der Waals surface area contributed by atoms with Gasteiger partial charge in [0.25, 0.3) is 0 Å². The number of fused-ring (bicyclic) bond motifs is 1. The van der Waals surface area contributed by atoms with Crippen molar-refractivity contribution in [1.82, 2.24) is 14.6 Å². The zero-order valence-corrected chi connectivity index (χ0v) is 19.6. The average molecular weight is 444 g/mol. The SMILES string of the molecule is COc1ccc(-c2cc3c(N4CCN(c5ccc(C)cc5C)CC4)nccn3n2)cc1OC. The van der Waals surface area contributed by atoms with Gasteiger partial charge in [-0.15, -0.1) is 0 Å². The van der Waals surface area contributed by atoms with Gasteiger partial charge in [0.2, 0.25) is 0 Å². The van der Waals surface area contributed by atoms with Crippen LogP contribution in [0.25, 0.3) is 16.8 Å². The highest BCUT2D eigenvalue weighted by atomic mass is 16.5. The number of hydrogen-bond donors (Lipinski definition) is 0. The van der Waals surface area contributed by atoms with E-state index in [1.54, 1.807) is 14.2 Å². The zero-order valence-electron chi connectivity index (χ0n) is 19.6. The molecule has 0 unspecified atom stereocenters. The molecule has 33 heavy (non-hydrogen) atoms. The summed E-state index contributed by atoms with van der Waals surface area (Å²) in [5.74, 6) is 2.36. The summed E-state index contributed by atoms with van der Waals surface area (Å²) < 4.78 is 12.7. The maximum atomic E-state index is 5.47. The Hall–Kier alpha value is -3.74. The smallest absolute Gasteiger partial charge is 0.161 e. The second-order valence-corrected chi connectivity index (χ2v) is 8.44. The summed E-state index contributed by atoms with van der Waals surface area (Å²) in [5, 5.41) is 4.79. The number of anilines is 2. The summed E-state index contributed by atoms with van der Waals surface area (Å²) in [6.07, 6.45) is 3.72. The highest BCUT2D eigenvalue weighted by molar-refractivity contribution is 5.76. The fraction of sp³-hybridized carbons (Fsp3) is 0.308. The van der Waals surface area contributed by atoms with Crippen LogP contribution < -0.4 is 19.3 Å². The highest BCUT2D eigenvalue weighted by Crippen LogP contribution is 2.33. The quantitative estimate of drug-likeness (QED) is 0.457. The summed E-state index contributed by atoms with van der Waals surface area (Å²) in [6.45, 7) is 8.09. The molecule has 0 atom stereocenters. The van der Waals surface area contributed by atoms with Crippen LogP contribution in [0.3, 0.4) is 0 Å². The minimum Gasteiger partial charge on any atom is -0.493 e. The molecular formula is C26H29N5O2. The Bertz CT molecular complexity index is 1290. The van der Waals surface area contributed by atoms with E-state index >= 15 is 0 Å². The average Bonchev–Trinajstić information content (AvgIpc) is 3.28. The molecule has 7 nitrogen and oxygen atoms in total. The minimum absolute atomic E-state index is 0.688. The first-order valence-electron chi connectivity index (χ1n) is 11.2. The van der Waals surface area contributed by atoms with E-state index in [4.69, 9.17) is 19.6 Å². The molecule has 0 bridgehead atoms. The first kappa shape index (κ1) is 21.1. The molecule has 0 saturated carbocycles. The van der Waals surface area contributed by atoms with E-state index in [1.165, 1.54) is 16.8 Å². The van der Waals surface area contributed by atoms with E-state index in [9.17, 15) is 0 Å². The third-order valence-electron chi connectivity index (χ3n) is 6.32. The second-order valence-electron chi connectivity index (χ2n) is 8.44. The molecule has 1 saturated heterocycles. The van der Waals surface area contributed by atoms with Crippen molar-refractivity contribution in [2.75, 3.05) is 50.2 Å². The lowest BCUT2D eigenvalue weighted by Gasteiger charge is -2.37. The normalized spacial score (nSPS) is 14.1. The Kier molecular flexibility index (Phi) is 5.54. The van der Waals surface area contributed by atoms with Gasteiger partial charge >= 0.3 is 0 Å². The molecule has 0 radical (unpaired) electrons. The minimum atomic E-state index is 0.688. The van der Waals surface area contributed by atoms with Crippen molar-refractivity contribution < 1.29 is 9.47 Å². The number of methoxy groups -OCH3 is 2. The molecule has 4 aromatic rings. The Morgan fingerprint density at radius 2 is 1.58 bits per heavy atom. The second kappa shape index (κ2) is 8.65. The van der Waals surface area contributed by atoms with Gasteiger partial charge in [-0.3, -0.25) is 0 Å². The number of nitrogens with zero attached hydrogens (tertiary/aromatic N) is 5. The fourth-order valence-corrected chi connectivity index (χ4v) is 4.61. The highest BCUT2D eigenvalue weighted by Gasteiger charge is 2.22. The summed E-state index contributed by atoms with van der Waals surface area (Å²) >= 11 is 0. The molecule has 170 valence electrons. The van der Waals surface area contributed by atoms with Crippen molar-refractivity contribution in [3.63, 3.8) is 0 Å². The van der Waals surface area contributed by atoms with Gasteiger partial charge in [-0.2, -0.15) is 5.10 Å². The third kappa shape index (κ3) is 3.95. The number of piperazine rings is 1. The van der Waals surface area contributed by atoms with Crippen molar-refractivity contribution >= 4 is 17.0 Å². The van der Waals surface area contributed by atoms with Gasteiger partial charge < -0.3 is 19.3 Å². The standard InChI is InChI=1S/C26H29N5O2/c1-18-5-7-22(19(2)15-18)29-11-13-30(14-12-29)26-23-17-21(28-31(23)10-9-27-26)20-6-8-24(32-3)25(16-20)33-4/h5-10,15-17H,11-14H2,1-4H3. The molecule has 1 fully saturated rings. The van der Waals surface area contributed by atoms with Gasteiger partial charge in [-0.1, -0.05) is 17.7 Å². The van der Waals surface area contributed by atoms with Crippen LogP contribution in [0.15, 0.2) is 54.9 Å². The van der Waals surface area contributed by atoms with E-state index in [1.807, 2.05) is 35.1 Å². The largest absolute Gasteiger partial charge is 0.493 e. The van der Waals surface area contributed by atoms with Crippen molar-refractivity contribution in [3.05, 3.63) is 66.0 Å². The first-order valence-corrected chi connectivity index (χ1v) is 11.2. The molecule has 0 spiro atoms. The van der Waals surface area contributed by atoms with Crippen LogP contribution in [-0.4, -0.2) is 55.0 Å². The number of aryl methyl sites for hydroxylation is 2. The molecule has 3 heterocycles. The van der Waals surface area contributed by atoms with E-state index in [0.29, 0.717) is 11.5 Å². The number of rotatable bonds is 5. The van der Waals surface area contributed by atoms with Crippen LogP contribution in [-0.2, 0) is 0 Å². The Balaban J connectivity index is 1.40.